The molecule has 184 valence electrons. The predicted octanol–water partition coefficient (Wildman–Crippen LogP) is 6.33. The van der Waals surface area contributed by atoms with Crippen molar-refractivity contribution in [1.29, 1.82) is 0 Å². The fourth-order valence-electron chi connectivity index (χ4n) is 4.18. The fourth-order valence-corrected chi connectivity index (χ4v) is 4.64. The highest BCUT2D eigenvalue weighted by Gasteiger charge is 2.28. The van der Waals surface area contributed by atoms with E-state index in [4.69, 9.17) is 27.9 Å². The van der Waals surface area contributed by atoms with Crippen LogP contribution in [0.1, 0.15) is 63.0 Å². The molecule has 3 rings (SSSR count). The van der Waals surface area contributed by atoms with Gasteiger partial charge in [-0.3, -0.25) is 9.59 Å². The Hall–Kier alpha value is -2.24. The summed E-state index contributed by atoms with van der Waals surface area (Å²) >= 11 is 12.4. The van der Waals surface area contributed by atoms with Gasteiger partial charge < -0.3 is 15.0 Å². The molecule has 1 N–H and O–H groups in total. The zero-order valence-corrected chi connectivity index (χ0v) is 21.5. The van der Waals surface area contributed by atoms with Crippen molar-refractivity contribution in [2.24, 2.45) is 0 Å². The molecular weight excluding hydrogens is 471 g/mol. The van der Waals surface area contributed by atoms with E-state index in [1.165, 1.54) is 12.0 Å². The van der Waals surface area contributed by atoms with Gasteiger partial charge in [-0.2, -0.15) is 0 Å². The lowest BCUT2D eigenvalue weighted by Gasteiger charge is -2.31. The predicted molar refractivity (Wildman–Crippen MR) is 137 cm³/mol. The molecule has 1 atom stereocenters. The van der Waals surface area contributed by atoms with Crippen molar-refractivity contribution in [1.82, 2.24) is 10.2 Å². The molecule has 5 nitrogen and oxygen atoms in total. The molecule has 2 amide bonds. The highest BCUT2D eigenvalue weighted by Crippen LogP contribution is 2.24. The van der Waals surface area contributed by atoms with Crippen molar-refractivity contribution in [3.05, 3.63) is 63.6 Å². The molecule has 0 radical (unpaired) electrons. The van der Waals surface area contributed by atoms with Crippen LogP contribution in [0.25, 0.3) is 0 Å². The number of aryl methyl sites for hydroxylation is 1. The second kappa shape index (κ2) is 13.0. The van der Waals surface area contributed by atoms with Gasteiger partial charge in [0.25, 0.3) is 0 Å². The molecule has 2 aromatic rings. The number of amides is 2. The Morgan fingerprint density at radius 1 is 1.09 bits per heavy atom. The van der Waals surface area contributed by atoms with Gasteiger partial charge in [-0.05, 0) is 62.9 Å². The Morgan fingerprint density at radius 3 is 2.47 bits per heavy atom. The second-order valence-corrected chi connectivity index (χ2v) is 9.89. The van der Waals surface area contributed by atoms with Gasteiger partial charge in [0.15, 0.2) is 0 Å². The first-order chi connectivity index (χ1) is 16.3. The Kier molecular flexibility index (Phi) is 10.1. The topological polar surface area (TPSA) is 58.6 Å². The van der Waals surface area contributed by atoms with Gasteiger partial charge in [0.1, 0.15) is 11.8 Å². The molecule has 1 aliphatic carbocycles. The molecule has 0 heterocycles. The van der Waals surface area contributed by atoms with E-state index in [0.717, 1.165) is 37.0 Å². The van der Waals surface area contributed by atoms with Crippen LogP contribution in [0.2, 0.25) is 10.0 Å². The van der Waals surface area contributed by atoms with Crippen molar-refractivity contribution in [2.45, 2.75) is 77.4 Å². The zero-order chi connectivity index (χ0) is 24.5. The van der Waals surface area contributed by atoms with Gasteiger partial charge in [-0.25, -0.2) is 0 Å². The summed E-state index contributed by atoms with van der Waals surface area (Å²) in [5.41, 5.74) is 1.92. The Labute approximate surface area is 212 Å². The van der Waals surface area contributed by atoms with Crippen LogP contribution in [0.5, 0.6) is 5.75 Å². The average Bonchev–Trinajstić information content (AvgIpc) is 2.82. The standard InChI is InChI=1S/C27H34Cl2N2O3/c1-19-10-14-24(15-11-19)34-16-6-9-26(32)31(18-21-12-13-22(28)17-25(21)29)20(2)27(33)30-23-7-4-3-5-8-23/h10-15,17,20,23H,3-9,16,18H2,1-2H3,(H,30,33)/t20-/m0/s1. The third-order valence-electron chi connectivity index (χ3n) is 6.30. The number of halogens is 2. The van der Waals surface area contributed by atoms with E-state index in [-0.39, 0.29) is 30.8 Å². The molecular formula is C27H34Cl2N2O3. The molecule has 7 heteroatoms. The van der Waals surface area contributed by atoms with E-state index in [9.17, 15) is 9.59 Å². The Bertz CT molecular complexity index is 959. The van der Waals surface area contributed by atoms with Gasteiger partial charge >= 0.3 is 0 Å². The number of nitrogens with zero attached hydrogens (tertiary/aromatic N) is 1. The lowest BCUT2D eigenvalue weighted by molar-refractivity contribution is -0.141. The van der Waals surface area contributed by atoms with E-state index in [2.05, 4.69) is 5.32 Å². The molecule has 2 aromatic carbocycles. The molecule has 34 heavy (non-hydrogen) atoms. The largest absolute Gasteiger partial charge is 0.494 e. The molecule has 0 saturated heterocycles. The van der Waals surface area contributed by atoms with E-state index in [1.54, 1.807) is 30.0 Å². The molecule has 0 unspecified atom stereocenters. The minimum Gasteiger partial charge on any atom is -0.494 e. The van der Waals surface area contributed by atoms with Crippen LogP contribution in [-0.4, -0.2) is 35.4 Å². The minimum atomic E-state index is -0.612. The molecule has 0 aliphatic heterocycles. The van der Waals surface area contributed by atoms with Crippen LogP contribution < -0.4 is 10.1 Å². The molecule has 1 saturated carbocycles. The first kappa shape index (κ1) is 26.4. The molecule has 0 spiro atoms. The molecule has 0 aromatic heterocycles. The summed E-state index contributed by atoms with van der Waals surface area (Å²) in [5.74, 6) is 0.550. The van der Waals surface area contributed by atoms with Crippen molar-refractivity contribution < 1.29 is 14.3 Å². The maximum atomic E-state index is 13.2. The molecule has 0 bridgehead atoms. The zero-order valence-electron chi connectivity index (χ0n) is 20.0. The Balaban J connectivity index is 1.63. The average molecular weight is 505 g/mol. The lowest BCUT2D eigenvalue weighted by atomic mass is 9.95. The summed E-state index contributed by atoms with van der Waals surface area (Å²) in [6.45, 7) is 4.47. The number of benzene rings is 2. The minimum absolute atomic E-state index is 0.107. The van der Waals surface area contributed by atoms with Gasteiger partial charge in [-0.15, -0.1) is 0 Å². The summed E-state index contributed by atoms with van der Waals surface area (Å²) < 4.78 is 5.76. The first-order valence-corrected chi connectivity index (χ1v) is 12.8. The summed E-state index contributed by atoms with van der Waals surface area (Å²) in [4.78, 5) is 27.9. The number of carbonyl (C=O) groups excluding carboxylic acids is 2. The van der Waals surface area contributed by atoms with Crippen LogP contribution in [0, 0.1) is 6.92 Å². The summed E-state index contributed by atoms with van der Waals surface area (Å²) in [7, 11) is 0. The van der Waals surface area contributed by atoms with Gasteiger partial charge in [0.2, 0.25) is 11.8 Å². The third kappa shape index (κ3) is 7.92. The van der Waals surface area contributed by atoms with E-state index in [1.807, 2.05) is 31.2 Å². The number of nitrogens with one attached hydrogen (secondary N) is 1. The van der Waals surface area contributed by atoms with Crippen molar-refractivity contribution in [3.8, 4) is 5.75 Å². The molecule has 1 aliphatic rings. The number of hydrogen-bond acceptors (Lipinski definition) is 3. The van der Waals surface area contributed by atoms with Gasteiger partial charge in [0, 0.05) is 29.1 Å². The van der Waals surface area contributed by atoms with Crippen molar-refractivity contribution in [3.63, 3.8) is 0 Å². The third-order valence-corrected chi connectivity index (χ3v) is 6.89. The fraction of sp³-hybridized carbons (Fsp3) is 0.481. The van der Waals surface area contributed by atoms with Crippen LogP contribution >= 0.6 is 23.2 Å². The summed E-state index contributed by atoms with van der Waals surface area (Å²) in [6.07, 6.45) is 6.28. The summed E-state index contributed by atoms with van der Waals surface area (Å²) in [6, 6.07) is 12.6. The first-order valence-electron chi connectivity index (χ1n) is 12.1. The smallest absolute Gasteiger partial charge is 0.242 e. The SMILES string of the molecule is Cc1ccc(OCCCC(=O)N(Cc2ccc(Cl)cc2Cl)[C@@H](C)C(=O)NC2CCCCC2)cc1. The highest BCUT2D eigenvalue weighted by atomic mass is 35.5. The van der Waals surface area contributed by atoms with Crippen LogP contribution in [0.3, 0.4) is 0 Å². The second-order valence-electron chi connectivity index (χ2n) is 9.04. The van der Waals surface area contributed by atoms with E-state index >= 15 is 0 Å². The van der Waals surface area contributed by atoms with E-state index < -0.39 is 6.04 Å². The maximum absolute atomic E-state index is 13.2. The molecule has 1 fully saturated rings. The highest BCUT2D eigenvalue weighted by molar-refractivity contribution is 6.35. The Morgan fingerprint density at radius 2 is 1.79 bits per heavy atom. The van der Waals surface area contributed by atoms with Crippen molar-refractivity contribution >= 4 is 35.0 Å². The monoisotopic (exact) mass is 504 g/mol. The van der Waals surface area contributed by atoms with Gasteiger partial charge in [-0.1, -0.05) is 66.2 Å². The number of ether oxygens (including phenoxy) is 1. The normalized spacial score (nSPS) is 14.9. The van der Waals surface area contributed by atoms with E-state index in [0.29, 0.717) is 23.1 Å². The van der Waals surface area contributed by atoms with Crippen LogP contribution in [0.15, 0.2) is 42.5 Å². The van der Waals surface area contributed by atoms with Crippen LogP contribution in [0.4, 0.5) is 0 Å². The van der Waals surface area contributed by atoms with Crippen LogP contribution in [-0.2, 0) is 16.1 Å². The quantitative estimate of drug-likeness (QED) is 0.384. The number of hydrogen-bond donors (Lipinski definition) is 1. The van der Waals surface area contributed by atoms with Gasteiger partial charge in [0.05, 0.1) is 6.61 Å². The number of rotatable bonds is 10. The summed E-state index contributed by atoms with van der Waals surface area (Å²) in [5, 5.41) is 4.16. The van der Waals surface area contributed by atoms with Crippen molar-refractivity contribution in [2.75, 3.05) is 6.61 Å². The number of carbonyl (C=O) groups is 2. The lowest BCUT2D eigenvalue weighted by Crippen LogP contribution is -2.50. The maximum Gasteiger partial charge on any atom is 0.242 e.